The number of urea groups is 1. The molecule has 0 spiro atoms. The van der Waals surface area contributed by atoms with E-state index < -0.39 is 16.1 Å². The zero-order chi connectivity index (χ0) is 15.7. The van der Waals surface area contributed by atoms with Crippen LogP contribution in [0.25, 0.3) is 0 Å². The monoisotopic (exact) mass is 299 g/mol. The van der Waals surface area contributed by atoms with Crippen LogP contribution in [0.2, 0.25) is 0 Å². The van der Waals surface area contributed by atoms with Crippen molar-refractivity contribution >= 4 is 21.7 Å². The summed E-state index contributed by atoms with van der Waals surface area (Å²) in [5.74, 6) is 0. The molecule has 1 aromatic rings. The van der Waals surface area contributed by atoms with Crippen molar-refractivity contribution in [1.29, 1.82) is 0 Å². The van der Waals surface area contributed by atoms with E-state index in [9.17, 15) is 13.2 Å². The van der Waals surface area contributed by atoms with Gasteiger partial charge in [-0.25, -0.2) is 17.9 Å². The predicted molar refractivity (Wildman–Crippen MR) is 79.1 cm³/mol. The Morgan fingerprint density at radius 1 is 1.20 bits per heavy atom. The quantitative estimate of drug-likeness (QED) is 0.738. The predicted octanol–water partition coefficient (Wildman–Crippen LogP) is 1.59. The van der Waals surface area contributed by atoms with Crippen LogP contribution in [0.3, 0.4) is 0 Å². The fourth-order valence-electron chi connectivity index (χ4n) is 2.06. The highest BCUT2D eigenvalue weighted by Gasteiger charge is 2.24. The van der Waals surface area contributed by atoms with E-state index >= 15 is 0 Å². The summed E-state index contributed by atoms with van der Waals surface area (Å²) in [6.45, 7) is 8.60. The Kier molecular flexibility index (Phi) is 4.65. The maximum atomic E-state index is 12.3. The van der Waals surface area contributed by atoms with Gasteiger partial charge in [0, 0.05) is 11.7 Å². The fraction of sp³-hybridized carbons (Fsp3) is 0.462. The molecule has 1 aromatic carbocycles. The van der Waals surface area contributed by atoms with Crippen LogP contribution < -0.4 is 15.8 Å². The fourth-order valence-corrected chi connectivity index (χ4v) is 3.46. The SMILES string of the molecule is Cc1cc(C)c(S(=O)(=O)NC(=O)NC(C)C)c(C)c1N. The third-order valence-electron chi connectivity index (χ3n) is 2.88. The van der Waals surface area contributed by atoms with Gasteiger partial charge in [-0.15, -0.1) is 0 Å². The molecule has 0 unspecified atom stereocenters. The number of nitrogens with one attached hydrogen (secondary N) is 2. The second-order valence-corrected chi connectivity index (χ2v) is 6.73. The highest BCUT2D eigenvalue weighted by molar-refractivity contribution is 7.90. The minimum Gasteiger partial charge on any atom is -0.398 e. The van der Waals surface area contributed by atoms with Crippen LogP contribution in [0, 0.1) is 20.8 Å². The number of sulfonamides is 1. The van der Waals surface area contributed by atoms with E-state index in [0.717, 1.165) is 5.56 Å². The number of aryl methyl sites for hydroxylation is 2. The number of anilines is 1. The number of hydrogen-bond donors (Lipinski definition) is 3. The first-order valence-electron chi connectivity index (χ1n) is 6.26. The number of carbonyl (C=O) groups is 1. The molecular weight excluding hydrogens is 278 g/mol. The maximum absolute atomic E-state index is 12.3. The number of hydrogen-bond acceptors (Lipinski definition) is 4. The minimum atomic E-state index is -3.95. The lowest BCUT2D eigenvalue weighted by Crippen LogP contribution is -2.42. The first kappa shape index (κ1) is 16.3. The molecule has 0 aromatic heterocycles. The van der Waals surface area contributed by atoms with Crippen LogP contribution in [0.5, 0.6) is 0 Å². The topological polar surface area (TPSA) is 101 Å². The van der Waals surface area contributed by atoms with Crippen LogP contribution in [0.4, 0.5) is 10.5 Å². The molecule has 6 nitrogen and oxygen atoms in total. The first-order chi connectivity index (χ1) is 9.06. The Labute approximate surface area is 119 Å². The van der Waals surface area contributed by atoms with E-state index in [2.05, 4.69) is 5.32 Å². The van der Waals surface area contributed by atoms with Crippen molar-refractivity contribution in [2.45, 2.75) is 45.6 Å². The number of carbonyl (C=O) groups excluding carboxylic acids is 1. The van der Waals surface area contributed by atoms with Crippen molar-refractivity contribution in [3.05, 3.63) is 22.8 Å². The Bertz CT molecular complexity index is 637. The lowest BCUT2D eigenvalue weighted by Gasteiger charge is -2.16. The molecule has 112 valence electrons. The van der Waals surface area contributed by atoms with Gasteiger partial charge in [-0.05, 0) is 51.3 Å². The summed E-state index contributed by atoms with van der Waals surface area (Å²) in [6, 6.07) is 0.783. The zero-order valence-corrected chi connectivity index (χ0v) is 13.2. The maximum Gasteiger partial charge on any atom is 0.328 e. The van der Waals surface area contributed by atoms with Gasteiger partial charge in [-0.1, -0.05) is 6.07 Å². The highest BCUT2D eigenvalue weighted by atomic mass is 32.2. The van der Waals surface area contributed by atoms with Crippen molar-refractivity contribution in [3.8, 4) is 0 Å². The Hall–Kier alpha value is -1.76. The number of benzene rings is 1. The van der Waals surface area contributed by atoms with Crippen molar-refractivity contribution < 1.29 is 13.2 Å². The van der Waals surface area contributed by atoms with Crippen molar-refractivity contribution in [2.24, 2.45) is 0 Å². The Balaban J connectivity index is 3.24. The second-order valence-electron chi connectivity index (χ2n) is 5.11. The molecule has 0 bridgehead atoms. The molecule has 0 fully saturated rings. The first-order valence-corrected chi connectivity index (χ1v) is 7.74. The number of nitrogen functional groups attached to an aromatic ring is 1. The molecule has 4 N–H and O–H groups in total. The number of nitrogens with two attached hydrogens (primary N) is 1. The average molecular weight is 299 g/mol. The van der Waals surface area contributed by atoms with Gasteiger partial charge in [-0.3, -0.25) is 0 Å². The van der Waals surface area contributed by atoms with E-state index in [0.29, 0.717) is 16.8 Å². The van der Waals surface area contributed by atoms with Gasteiger partial charge in [0.15, 0.2) is 0 Å². The summed E-state index contributed by atoms with van der Waals surface area (Å²) in [4.78, 5) is 11.6. The third-order valence-corrected chi connectivity index (χ3v) is 4.50. The van der Waals surface area contributed by atoms with Gasteiger partial charge in [0.2, 0.25) is 0 Å². The molecule has 0 aliphatic heterocycles. The van der Waals surface area contributed by atoms with Gasteiger partial charge >= 0.3 is 6.03 Å². The van der Waals surface area contributed by atoms with Crippen molar-refractivity contribution in [3.63, 3.8) is 0 Å². The molecule has 0 atom stereocenters. The molecule has 0 saturated carbocycles. The summed E-state index contributed by atoms with van der Waals surface area (Å²) in [6.07, 6.45) is 0. The molecule has 20 heavy (non-hydrogen) atoms. The zero-order valence-electron chi connectivity index (χ0n) is 12.4. The van der Waals surface area contributed by atoms with Gasteiger partial charge in [0.05, 0.1) is 4.90 Å². The molecule has 7 heteroatoms. The lowest BCUT2D eigenvalue weighted by atomic mass is 10.1. The van der Waals surface area contributed by atoms with E-state index in [-0.39, 0.29) is 10.9 Å². The standard InChI is InChI=1S/C13H21N3O3S/c1-7(2)15-13(17)16-20(18,19)12-9(4)6-8(3)11(14)10(12)5/h6-7H,14H2,1-5H3,(H2,15,16,17). The molecule has 0 aliphatic carbocycles. The summed E-state index contributed by atoms with van der Waals surface area (Å²) in [5.41, 5.74) is 8.10. The van der Waals surface area contributed by atoms with E-state index in [1.807, 2.05) is 11.6 Å². The number of rotatable bonds is 3. The smallest absolute Gasteiger partial charge is 0.328 e. The number of amides is 2. The Morgan fingerprint density at radius 2 is 1.75 bits per heavy atom. The molecule has 0 aliphatic rings. The molecular formula is C13H21N3O3S. The molecule has 0 saturated heterocycles. The van der Waals surface area contributed by atoms with Crippen molar-refractivity contribution in [1.82, 2.24) is 10.0 Å². The van der Waals surface area contributed by atoms with Crippen LogP contribution in [0.1, 0.15) is 30.5 Å². The minimum absolute atomic E-state index is 0.0551. The summed E-state index contributed by atoms with van der Waals surface area (Å²) < 4.78 is 26.6. The lowest BCUT2D eigenvalue weighted by molar-refractivity contribution is 0.243. The van der Waals surface area contributed by atoms with Crippen LogP contribution in [-0.2, 0) is 10.0 Å². The highest BCUT2D eigenvalue weighted by Crippen LogP contribution is 2.27. The van der Waals surface area contributed by atoms with Gasteiger partial charge in [-0.2, -0.15) is 0 Å². The van der Waals surface area contributed by atoms with Gasteiger partial charge in [0.25, 0.3) is 10.0 Å². The van der Waals surface area contributed by atoms with E-state index in [1.54, 1.807) is 33.8 Å². The van der Waals surface area contributed by atoms with E-state index in [4.69, 9.17) is 5.73 Å². The molecule has 2 amide bonds. The van der Waals surface area contributed by atoms with Crippen molar-refractivity contribution in [2.75, 3.05) is 5.73 Å². The Morgan fingerprint density at radius 3 is 2.25 bits per heavy atom. The second kappa shape index (κ2) is 5.70. The third kappa shape index (κ3) is 3.41. The summed E-state index contributed by atoms with van der Waals surface area (Å²) in [5, 5.41) is 2.47. The molecule has 0 heterocycles. The molecule has 0 radical (unpaired) electrons. The van der Waals surface area contributed by atoms with Crippen LogP contribution in [-0.4, -0.2) is 20.5 Å². The van der Waals surface area contributed by atoms with Gasteiger partial charge < -0.3 is 11.1 Å². The van der Waals surface area contributed by atoms with Crippen LogP contribution in [0.15, 0.2) is 11.0 Å². The largest absolute Gasteiger partial charge is 0.398 e. The molecule has 1 rings (SSSR count). The summed E-state index contributed by atoms with van der Waals surface area (Å²) in [7, 11) is -3.95. The summed E-state index contributed by atoms with van der Waals surface area (Å²) >= 11 is 0. The van der Waals surface area contributed by atoms with Gasteiger partial charge in [0.1, 0.15) is 0 Å². The van der Waals surface area contributed by atoms with E-state index in [1.165, 1.54) is 0 Å². The van der Waals surface area contributed by atoms with Crippen LogP contribution >= 0.6 is 0 Å². The average Bonchev–Trinajstić information content (AvgIpc) is 2.23. The normalized spacial score (nSPS) is 11.5.